The smallest absolute Gasteiger partial charge is 0.448 e. The van der Waals surface area contributed by atoms with Crippen molar-refractivity contribution in [3.63, 3.8) is 0 Å². The molecule has 1 aromatic heterocycles. The molecule has 0 aliphatic rings. The summed E-state index contributed by atoms with van der Waals surface area (Å²) >= 11 is 0. The zero-order valence-electron chi connectivity index (χ0n) is 8.01. The maximum Gasteiger partial charge on any atom is 1.00 e. The first kappa shape index (κ1) is 14.4. The van der Waals surface area contributed by atoms with E-state index in [1.165, 1.54) is 12.1 Å². The maximum atomic E-state index is 11.9. The summed E-state index contributed by atoms with van der Waals surface area (Å²) in [5.74, 6) is 0. The summed E-state index contributed by atoms with van der Waals surface area (Å²) in [4.78, 5) is 11.0. The molecule has 72 valence electrons. The van der Waals surface area contributed by atoms with Gasteiger partial charge in [-0.25, -0.2) is 0 Å². The molecule has 2 nitrogen and oxygen atoms in total. The second-order valence-corrected chi connectivity index (χ2v) is 2.91. The molecular weight excluding hydrogens is 221 g/mol. The summed E-state index contributed by atoms with van der Waals surface area (Å²) in [5, 5.41) is 0. The Morgan fingerprint density at radius 1 is 1.43 bits per heavy atom. The Labute approximate surface area is 122 Å². The first-order valence-corrected chi connectivity index (χ1v) is 3.76. The molecule has 0 aliphatic heterocycles. The molecule has 1 heterocycles. The van der Waals surface area contributed by atoms with E-state index in [2.05, 4.69) is 0 Å². The van der Waals surface area contributed by atoms with Crippen molar-refractivity contribution in [2.45, 2.75) is 13.4 Å². The zero-order valence-corrected chi connectivity index (χ0v) is 11.1. The van der Waals surface area contributed by atoms with Crippen LogP contribution in [0.15, 0.2) is 23.1 Å². The van der Waals surface area contributed by atoms with Crippen LogP contribution >= 0.6 is 0 Å². The van der Waals surface area contributed by atoms with Crippen molar-refractivity contribution in [1.29, 1.82) is 0 Å². The Balaban J connectivity index is 0.00000169. The van der Waals surface area contributed by atoms with E-state index in [0.717, 1.165) is 6.20 Å². The van der Waals surface area contributed by atoms with Gasteiger partial charge in [0.1, 0.15) is 0 Å². The van der Waals surface area contributed by atoms with Crippen LogP contribution in [0, 0.1) is 6.92 Å². The van der Waals surface area contributed by atoms with Crippen LogP contribution < -0.4 is 56.9 Å². The molecule has 1 aromatic rings. The van der Waals surface area contributed by atoms with E-state index < -0.39 is 19.0 Å². The van der Waals surface area contributed by atoms with Gasteiger partial charge in [0.2, 0.25) is 5.56 Å². The summed E-state index contributed by atoms with van der Waals surface area (Å²) in [6.07, 6.45) is -0.00792. The van der Waals surface area contributed by atoms with Crippen molar-refractivity contribution in [2.75, 3.05) is 0 Å². The maximum absolute atomic E-state index is 11.9. The molecule has 0 amide bonds. The molecule has 0 N–H and O–H groups in total. The SMILES string of the molecule is Cc1ccn(C[B-](F)(F)F)c(=O)c1.[K+]. The molecule has 0 aliphatic carbocycles. The first-order valence-electron chi connectivity index (χ1n) is 3.76. The van der Waals surface area contributed by atoms with E-state index in [4.69, 9.17) is 0 Å². The van der Waals surface area contributed by atoms with Crippen LogP contribution in [-0.2, 0) is 6.44 Å². The first-order chi connectivity index (χ1) is 5.88. The predicted molar refractivity (Wildman–Crippen MR) is 44.5 cm³/mol. The largest absolute Gasteiger partial charge is 1.00 e. The third-order valence-corrected chi connectivity index (χ3v) is 1.56. The van der Waals surface area contributed by atoms with Crippen molar-refractivity contribution >= 4 is 6.98 Å². The molecule has 0 unspecified atom stereocenters. The number of halogens is 3. The molecular formula is C7H8BF3KNO. The topological polar surface area (TPSA) is 22.0 Å². The Hall–Kier alpha value is 0.441. The Morgan fingerprint density at radius 3 is 2.43 bits per heavy atom. The number of nitrogens with zero attached hydrogens (tertiary/aromatic N) is 1. The van der Waals surface area contributed by atoms with Gasteiger partial charge in [0.15, 0.2) is 0 Å². The van der Waals surface area contributed by atoms with Crippen LogP contribution in [0.25, 0.3) is 0 Å². The van der Waals surface area contributed by atoms with Crippen molar-refractivity contribution in [3.05, 3.63) is 34.2 Å². The van der Waals surface area contributed by atoms with Gasteiger partial charge < -0.3 is 17.5 Å². The minimum Gasteiger partial charge on any atom is -0.448 e. The summed E-state index contributed by atoms with van der Waals surface area (Å²) in [5.41, 5.74) is 0.0510. The summed E-state index contributed by atoms with van der Waals surface area (Å²) < 4.78 is 36.4. The number of aryl methyl sites for hydroxylation is 1. The van der Waals surface area contributed by atoms with E-state index in [1.807, 2.05) is 0 Å². The van der Waals surface area contributed by atoms with E-state index >= 15 is 0 Å². The number of rotatable bonds is 2. The van der Waals surface area contributed by atoms with Gasteiger partial charge in [-0.1, -0.05) is 0 Å². The van der Waals surface area contributed by atoms with Gasteiger partial charge >= 0.3 is 58.4 Å². The van der Waals surface area contributed by atoms with Crippen LogP contribution in [0.5, 0.6) is 0 Å². The standard InChI is InChI=1S/C7H8BF3NO.K/c1-6-2-3-12(7(13)4-6)5-8(9,10)11;/h2-4H,5H2,1H3;/q-1;+1. The average Bonchev–Trinajstić information content (AvgIpc) is 1.93. The molecule has 0 saturated carbocycles. The third-order valence-electron chi connectivity index (χ3n) is 1.56. The monoisotopic (exact) mass is 229 g/mol. The minimum atomic E-state index is -4.95. The van der Waals surface area contributed by atoms with Crippen molar-refractivity contribution in [1.82, 2.24) is 4.57 Å². The quantitative estimate of drug-likeness (QED) is 0.568. The van der Waals surface area contributed by atoms with Gasteiger partial charge in [-0.3, -0.25) is 4.79 Å². The minimum absolute atomic E-state index is 0. The Bertz CT molecular complexity index is 363. The van der Waals surface area contributed by atoms with E-state index in [1.54, 1.807) is 6.92 Å². The molecule has 0 fully saturated rings. The van der Waals surface area contributed by atoms with Crippen LogP contribution in [0.3, 0.4) is 0 Å². The molecule has 1 rings (SSSR count). The fourth-order valence-electron chi connectivity index (χ4n) is 0.981. The van der Waals surface area contributed by atoms with E-state index in [-0.39, 0.29) is 51.4 Å². The molecule has 0 saturated heterocycles. The molecule has 0 atom stereocenters. The van der Waals surface area contributed by atoms with Crippen LogP contribution in [0.4, 0.5) is 12.9 Å². The van der Waals surface area contributed by atoms with Crippen molar-refractivity contribution in [3.8, 4) is 0 Å². The second-order valence-electron chi connectivity index (χ2n) is 2.91. The van der Waals surface area contributed by atoms with Gasteiger partial charge in [0.25, 0.3) is 0 Å². The Kier molecular flexibility index (Phi) is 5.68. The van der Waals surface area contributed by atoms with Crippen molar-refractivity contribution in [2.24, 2.45) is 0 Å². The van der Waals surface area contributed by atoms with E-state index in [0.29, 0.717) is 10.1 Å². The van der Waals surface area contributed by atoms with Gasteiger partial charge in [0.05, 0.1) is 0 Å². The molecule has 0 aromatic carbocycles. The fourth-order valence-corrected chi connectivity index (χ4v) is 0.981. The second kappa shape index (κ2) is 5.50. The normalized spacial score (nSPS) is 10.9. The number of aromatic nitrogens is 1. The fraction of sp³-hybridized carbons (Fsp3) is 0.286. The van der Waals surface area contributed by atoms with Gasteiger partial charge in [0, 0.05) is 12.3 Å². The predicted octanol–water partition coefficient (Wildman–Crippen LogP) is -1.45. The van der Waals surface area contributed by atoms with Gasteiger partial charge in [-0.2, -0.15) is 0 Å². The van der Waals surface area contributed by atoms with E-state index in [9.17, 15) is 17.7 Å². The molecule has 7 heteroatoms. The zero-order chi connectivity index (χ0) is 10.1. The number of hydrogen-bond acceptors (Lipinski definition) is 1. The number of hydrogen-bond donors (Lipinski definition) is 0. The summed E-state index contributed by atoms with van der Waals surface area (Å²) in [6.45, 7) is -3.29. The van der Waals surface area contributed by atoms with Crippen LogP contribution in [-0.4, -0.2) is 11.5 Å². The summed E-state index contributed by atoms with van der Waals surface area (Å²) in [6, 6.07) is 2.66. The molecule has 0 radical (unpaired) electrons. The Morgan fingerprint density at radius 2 is 2.00 bits per heavy atom. The van der Waals surface area contributed by atoms with Crippen molar-refractivity contribution < 1.29 is 64.3 Å². The third kappa shape index (κ3) is 4.79. The molecule has 0 spiro atoms. The van der Waals surface area contributed by atoms with Gasteiger partial charge in [-0.05, 0) is 25.0 Å². The average molecular weight is 229 g/mol. The van der Waals surface area contributed by atoms with Crippen LogP contribution in [0.2, 0.25) is 0 Å². The molecule has 0 bridgehead atoms. The summed E-state index contributed by atoms with van der Waals surface area (Å²) in [7, 11) is 0. The van der Waals surface area contributed by atoms with Gasteiger partial charge in [-0.15, -0.1) is 0 Å². The molecule has 14 heavy (non-hydrogen) atoms. The van der Waals surface area contributed by atoms with Crippen LogP contribution in [0.1, 0.15) is 5.56 Å². The number of pyridine rings is 1.